The Kier molecular flexibility index (Phi) is 5.85. The van der Waals surface area contributed by atoms with Crippen molar-refractivity contribution >= 4 is 23.4 Å². The molecule has 0 aliphatic rings. The molecule has 1 amide bonds. The summed E-state index contributed by atoms with van der Waals surface area (Å²) in [5, 5.41) is 3.59. The normalized spacial score (nSPS) is 10.5. The zero-order valence-electron chi connectivity index (χ0n) is 14.5. The molecule has 1 aromatic carbocycles. The van der Waals surface area contributed by atoms with E-state index in [-0.39, 0.29) is 11.7 Å². The van der Waals surface area contributed by atoms with Crippen molar-refractivity contribution in [2.45, 2.75) is 11.7 Å². The molecule has 3 rings (SSSR count). The van der Waals surface area contributed by atoms with Crippen molar-refractivity contribution in [2.75, 3.05) is 25.3 Å². The predicted octanol–water partition coefficient (Wildman–Crippen LogP) is 3.27. The van der Waals surface area contributed by atoms with Crippen LogP contribution >= 0.6 is 11.8 Å². The van der Waals surface area contributed by atoms with Crippen molar-refractivity contribution in [1.82, 2.24) is 9.55 Å². The van der Waals surface area contributed by atoms with Crippen LogP contribution in [0.2, 0.25) is 0 Å². The Hall–Kier alpha value is -2.87. The van der Waals surface area contributed by atoms with Gasteiger partial charge in [0, 0.05) is 18.5 Å². The minimum atomic E-state index is -0.158. The van der Waals surface area contributed by atoms with Crippen LogP contribution in [-0.4, -0.2) is 35.4 Å². The van der Waals surface area contributed by atoms with Gasteiger partial charge >= 0.3 is 0 Å². The highest BCUT2D eigenvalue weighted by molar-refractivity contribution is 7.99. The number of hydrogen-bond donors (Lipinski definition) is 1. The summed E-state index contributed by atoms with van der Waals surface area (Å²) in [6.07, 6.45) is 5.19. The van der Waals surface area contributed by atoms with Gasteiger partial charge in [0.25, 0.3) is 0 Å². The van der Waals surface area contributed by atoms with Crippen LogP contribution in [0.25, 0.3) is 0 Å². The zero-order valence-corrected chi connectivity index (χ0v) is 15.3. The minimum absolute atomic E-state index is 0.158. The van der Waals surface area contributed by atoms with Crippen LogP contribution < -0.4 is 14.8 Å². The van der Waals surface area contributed by atoms with E-state index in [0.717, 1.165) is 10.9 Å². The number of nitrogens with zero attached hydrogens (tertiary/aromatic N) is 2. The zero-order chi connectivity index (χ0) is 18.4. The van der Waals surface area contributed by atoms with Crippen molar-refractivity contribution in [3.8, 4) is 11.5 Å². The molecule has 3 aromatic rings. The molecule has 0 spiro atoms. The van der Waals surface area contributed by atoms with Crippen LogP contribution in [0.3, 0.4) is 0 Å². The largest absolute Gasteiger partial charge is 0.497 e. The fraction of sp³-hybridized carbons (Fsp3) is 0.222. The maximum absolute atomic E-state index is 12.3. The quantitative estimate of drug-likeness (QED) is 0.611. The Balaban J connectivity index is 1.61. The van der Waals surface area contributed by atoms with E-state index in [1.54, 1.807) is 44.9 Å². The number of ether oxygens (including phenoxy) is 2. The topological polar surface area (TPSA) is 78.5 Å². The van der Waals surface area contributed by atoms with E-state index >= 15 is 0 Å². The van der Waals surface area contributed by atoms with E-state index in [2.05, 4.69) is 10.3 Å². The molecule has 26 heavy (non-hydrogen) atoms. The molecule has 0 aliphatic heterocycles. The molecular weight excluding hydrogens is 354 g/mol. The summed E-state index contributed by atoms with van der Waals surface area (Å²) >= 11 is 1.35. The van der Waals surface area contributed by atoms with Gasteiger partial charge in [-0.3, -0.25) is 4.79 Å². The first-order valence-electron chi connectivity index (χ1n) is 7.88. The number of methoxy groups -OCH3 is 2. The van der Waals surface area contributed by atoms with Gasteiger partial charge in [0.2, 0.25) is 5.91 Å². The molecule has 0 fully saturated rings. The third-order valence-electron chi connectivity index (χ3n) is 3.60. The first kappa shape index (κ1) is 17.9. The number of anilines is 1. The number of thioether (sulfide) groups is 1. The van der Waals surface area contributed by atoms with E-state index in [4.69, 9.17) is 13.9 Å². The minimum Gasteiger partial charge on any atom is -0.497 e. The Morgan fingerprint density at radius 3 is 2.92 bits per heavy atom. The lowest BCUT2D eigenvalue weighted by molar-refractivity contribution is -0.113. The predicted molar refractivity (Wildman–Crippen MR) is 98.9 cm³/mol. The van der Waals surface area contributed by atoms with Crippen molar-refractivity contribution in [3.05, 3.63) is 54.7 Å². The molecule has 0 aliphatic carbocycles. The molecule has 7 nitrogen and oxygen atoms in total. The maximum Gasteiger partial charge on any atom is 0.234 e. The second-order valence-electron chi connectivity index (χ2n) is 5.32. The number of furan rings is 1. The van der Waals surface area contributed by atoms with Gasteiger partial charge in [0.15, 0.2) is 5.16 Å². The smallest absolute Gasteiger partial charge is 0.234 e. The van der Waals surface area contributed by atoms with Crippen molar-refractivity contribution < 1.29 is 18.7 Å². The number of imidazole rings is 1. The van der Waals surface area contributed by atoms with Gasteiger partial charge in [-0.2, -0.15) is 0 Å². The Labute approximate surface area is 155 Å². The summed E-state index contributed by atoms with van der Waals surface area (Å²) < 4.78 is 17.7. The lowest BCUT2D eigenvalue weighted by Crippen LogP contribution is -2.15. The van der Waals surface area contributed by atoms with Crippen molar-refractivity contribution in [3.63, 3.8) is 0 Å². The maximum atomic E-state index is 12.3. The molecule has 2 aromatic heterocycles. The molecule has 0 saturated carbocycles. The number of aromatic nitrogens is 2. The van der Waals surface area contributed by atoms with E-state index in [1.807, 2.05) is 22.9 Å². The molecule has 0 atom stereocenters. The van der Waals surface area contributed by atoms with Crippen LogP contribution in [-0.2, 0) is 11.3 Å². The fourth-order valence-electron chi connectivity index (χ4n) is 2.35. The van der Waals surface area contributed by atoms with Gasteiger partial charge in [-0.15, -0.1) is 0 Å². The summed E-state index contributed by atoms with van der Waals surface area (Å²) in [4.78, 5) is 16.6. The molecule has 0 unspecified atom stereocenters. The molecule has 8 heteroatoms. The number of carbonyl (C=O) groups excluding carboxylic acids is 1. The summed E-state index contributed by atoms with van der Waals surface area (Å²) in [6.45, 7) is 0.570. The second-order valence-corrected chi connectivity index (χ2v) is 6.26. The van der Waals surface area contributed by atoms with Crippen molar-refractivity contribution in [1.29, 1.82) is 0 Å². The highest BCUT2D eigenvalue weighted by Gasteiger charge is 2.12. The highest BCUT2D eigenvalue weighted by Crippen LogP contribution is 2.29. The monoisotopic (exact) mass is 373 g/mol. The first-order valence-corrected chi connectivity index (χ1v) is 8.86. The molecule has 1 N–H and O–H groups in total. The van der Waals surface area contributed by atoms with Crippen LogP contribution in [0.1, 0.15) is 5.76 Å². The van der Waals surface area contributed by atoms with Gasteiger partial charge in [-0.05, 0) is 24.3 Å². The molecular formula is C18H19N3O4S. The van der Waals surface area contributed by atoms with Gasteiger partial charge in [0.1, 0.15) is 17.3 Å². The Morgan fingerprint density at radius 1 is 1.31 bits per heavy atom. The van der Waals surface area contributed by atoms with Crippen LogP contribution in [0.5, 0.6) is 11.5 Å². The SMILES string of the molecule is COc1ccc(OC)c(NC(=O)CSc2nccn2Cc2ccco2)c1. The van der Waals surface area contributed by atoms with E-state index in [9.17, 15) is 4.79 Å². The lowest BCUT2D eigenvalue weighted by Gasteiger charge is -2.11. The van der Waals surface area contributed by atoms with Crippen molar-refractivity contribution in [2.24, 2.45) is 0 Å². The average Bonchev–Trinajstić information content (AvgIpc) is 3.32. The summed E-state index contributed by atoms with van der Waals surface area (Å²) in [7, 11) is 3.12. The number of nitrogens with one attached hydrogen (secondary N) is 1. The van der Waals surface area contributed by atoms with E-state index in [1.165, 1.54) is 11.8 Å². The third-order valence-corrected chi connectivity index (χ3v) is 4.60. The second kappa shape index (κ2) is 8.48. The van der Waals surface area contributed by atoms with Gasteiger partial charge in [0.05, 0.1) is 38.5 Å². The molecule has 0 saturated heterocycles. The fourth-order valence-corrected chi connectivity index (χ4v) is 3.11. The third kappa shape index (κ3) is 4.40. The standard InChI is InChI=1S/C18H19N3O4S/c1-23-13-5-6-16(24-2)15(10-13)20-17(22)12-26-18-19-7-8-21(18)11-14-4-3-9-25-14/h3-10H,11-12H2,1-2H3,(H,20,22). The highest BCUT2D eigenvalue weighted by atomic mass is 32.2. The first-order chi connectivity index (χ1) is 12.7. The average molecular weight is 373 g/mol. The number of amides is 1. The lowest BCUT2D eigenvalue weighted by atomic mass is 10.2. The summed E-state index contributed by atoms with van der Waals surface area (Å²) in [5.41, 5.74) is 0.566. The molecule has 136 valence electrons. The summed E-state index contributed by atoms with van der Waals surface area (Å²) in [5.74, 6) is 2.10. The van der Waals surface area contributed by atoms with Gasteiger partial charge < -0.3 is 23.8 Å². The Morgan fingerprint density at radius 2 is 2.19 bits per heavy atom. The molecule has 2 heterocycles. The Bertz CT molecular complexity index is 861. The molecule has 0 bridgehead atoms. The molecule has 0 radical (unpaired) electrons. The van der Waals surface area contributed by atoms with Crippen LogP contribution in [0, 0.1) is 0 Å². The number of carbonyl (C=O) groups is 1. The number of benzene rings is 1. The number of rotatable bonds is 8. The van der Waals surface area contributed by atoms with Gasteiger partial charge in [-0.1, -0.05) is 11.8 Å². The summed E-state index contributed by atoms with van der Waals surface area (Å²) in [6, 6.07) is 8.98. The van der Waals surface area contributed by atoms with E-state index < -0.39 is 0 Å². The van der Waals surface area contributed by atoms with Crippen LogP contribution in [0.4, 0.5) is 5.69 Å². The number of hydrogen-bond acceptors (Lipinski definition) is 6. The van der Waals surface area contributed by atoms with Crippen LogP contribution in [0.15, 0.2) is 58.6 Å². The van der Waals surface area contributed by atoms with Gasteiger partial charge in [-0.25, -0.2) is 4.98 Å². The van der Waals surface area contributed by atoms with E-state index in [0.29, 0.717) is 23.7 Å².